The summed E-state index contributed by atoms with van der Waals surface area (Å²) in [6, 6.07) is 3.43. The SMILES string of the molecule is O=C(O)c1cccn1CCN1CCCC1. The summed E-state index contributed by atoms with van der Waals surface area (Å²) in [4.78, 5) is 13.2. The molecule has 4 nitrogen and oxygen atoms in total. The summed E-state index contributed by atoms with van der Waals surface area (Å²) in [7, 11) is 0. The molecule has 1 fully saturated rings. The van der Waals surface area contributed by atoms with E-state index in [1.807, 2.05) is 6.20 Å². The molecule has 2 heterocycles. The Hall–Kier alpha value is -1.29. The van der Waals surface area contributed by atoms with Gasteiger partial charge in [0.15, 0.2) is 0 Å². The molecule has 0 atom stereocenters. The van der Waals surface area contributed by atoms with Crippen LogP contribution >= 0.6 is 0 Å². The number of carboxylic acid groups (broad SMARTS) is 1. The van der Waals surface area contributed by atoms with Gasteiger partial charge in [0.1, 0.15) is 5.69 Å². The van der Waals surface area contributed by atoms with E-state index in [-0.39, 0.29) is 0 Å². The number of hydrogen-bond donors (Lipinski definition) is 1. The largest absolute Gasteiger partial charge is 0.477 e. The Kier molecular flexibility index (Phi) is 3.06. The summed E-state index contributed by atoms with van der Waals surface area (Å²) in [6.45, 7) is 4.04. The fourth-order valence-electron chi connectivity index (χ4n) is 2.06. The van der Waals surface area contributed by atoms with E-state index in [0.29, 0.717) is 5.69 Å². The lowest BCUT2D eigenvalue weighted by Crippen LogP contribution is -2.24. The summed E-state index contributed by atoms with van der Waals surface area (Å²) in [5.41, 5.74) is 0.384. The number of hydrogen-bond acceptors (Lipinski definition) is 2. The van der Waals surface area contributed by atoms with Crippen molar-refractivity contribution in [2.24, 2.45) is 0 Å². The molecule has 15 heavy (non-hydrogen) atoms. The maximum Gasteiger partial charge on any atom is 0.352 e. The quantitative estimate of drug-likeness (QED) is 0.810. The number of aromatic carboxylic acids is 1. The molecule has 0 radical (unpaired) electrons. The maximum absolute atomic E-state index is 10.8. The Balaban J connectivity index is 1.92. The lowest BCUT2D eigenvalue weighted by atomic mass is 10.4. The van der Waals surface area contributed by atoms with Gasteiger partial charge in [-0.1, -0.05) is 0 Å². The van der Waals surface area contributed by atoms with Crippen LogP contribution in [0.1, 0.15) is 23.3 Å². The van der Waals surface area contributed by atoms with Crippen molar-refractivity contribution < 1.29 is 9.90 Å². The summed E-state index contributed by atoms with van der Waals surface area (Å²) in [5, 5.41) is 8.91. The van der Waals surface area contributed by atoms with Crippen molar-refractivity contribution in [2.45, 2.75) is 19.4 Å². The van der Waals surface area contributed by atoms with Crippen LogP contribution in [0.25, 0.3) is 0 Å². The maximum atomic E-state index is 10.8. The van der Waals surface area contributed by atoms with Gasteiger partial charge in [-0.3, -0.25) is 0 Å². The molecule has 1 saturated heterocycles. The minimum Gasteiger partial charge on any atom is -0.477 e. The Bertz CT molecular complexity index is 340. The lowest BCUT2D eigenvalue weighted by molar-refractivity contribution is 0.0684. The van der Waals surface area contributed by atoms with Gasteiger partial charge in [0.05, 0.1) is 0 Å². The van der Waals surface area contributed by atoms with Crippen molar-refractivity contribution in [1.82, 2.24) is 9.47 Å². The molecule has 0 amide bonds. The van der Waals surface area contributed by atoms with Gasteiger partial charge in [-0.2, -0.15) is 0 Å². The lowest BCUT2D eigenvalue weighted by Gasteiger charge is -2.15. The van der Waals surface area contributed by atoms with E-state index in [0.717, 1.165) is 26.2 Å². The van der Waals surface area contributed by atoms with Gasteiger partial charge in [-0.15, -0.1) is 0 Å². The highest BCUT2D eigenvalue weighted by molar-refractivity contribution is 5.85. The van der Waals surface area contributed by atoms with Crippen LogP contribution in [0.4, 0.5) is 0 Å². The third-order valence-corrected chi connectivity index (χ3v) is 2.90. The van der Waals surface area contributed by atoms with Crippen LogP contribution in [0, 0.1) is 0 Å². The van der Waals surface area contributed by atoms with Gasteiger partial charge in [0.25, 0.3) is 0 Å². The third-order valence-electron chi connectivity index (χ3n) is 2.90. The molecule has 0 saturated carbocycles. The number of rotatable bonds is 4. The predicted molar refractivity (Wildman–Crippen MR) is 57.1 cm³/mol. The molecule has 0 aromatic carbocycles. The molecule has 1 N–H and O–H groups in total. The monoisotopic (exact) mass is 208 g/mol. The Labute approximate surface area is 89.1 Å². The molecular weight excluding hydrogens is 192 g/mol. The van der Waals surface area contributed by atoms with E-state index >= 15 is 0 Å². The number of carbonyl (C=O) groups is 1. The van der Waals surface area contributed by atoms with Gasteiger partial charge in [-0.05, 0) is 38.1 Å². The van der Waals surface area contributed by atoms with Crippen LogP contribution in [-0.2, 0) is 6.54 Å². The fraction of sp³-hybridized carbons (Fsp3) is 0.545. The summed E-state index contributed by atoms with van der Waals surface area (Å²) >= 11 is 0. The molecule has 1 aromatic heterocycles. The first-order chi connectivity index (χ1) is 7.27. The van der Waals surface area contributed by atoms with Crippen molar-refractivity contribution >= 4 is 5.97 Å². The molecule has 0 unspecified atom stereocenters. The third kappa shape index (κ3) is 2.39. The van der Waals surface area contributed by atoms with Gasteiger partial charge >= 0.3 is 5.97 Å². The van der Waals surface area contributed by atoms with E-state index in [1.165, 1.54) is 12.8 Å². The molecule has 82 valence electrons. The summed E-state index contributed by atoms with van der Waals surface area (Å²) < 4.78 is 1.81. The van der Waals surface area contributed by atoms with E-state index in [4.69, 9.17) is 5.11 Å². The molecule has 0 bridgehead atoms. The number of aromatic nitrogens is 1. The normalized spacial score (nSPS) is 17.1. The van der Waals surface area contributed by atoms with Gasteiger partial charge in [-0.25, -0.2) is 4.79 Å². The van der Waals surface area contributed by atoms with Crippen molar-refractivity contribution in [3.63, 3.8) is 0 Å². The van der Waals surface area contributed by atoms with Crippen molar-refractivity contribution in [3.05, 3.63) is 24.0 Å². The van der Waals surface area contributed by atoms with Crippen molar-refractivity contribution in [1.29, 1.82) is 0 Å². The molecule has 0 spiro atoms. The first kappa shape index (κ1) is 10.2. The second-order valence-electron chi connectivity index (χ2n) is 3.94. The number of likely N-dealkylation sites (tertiary alicyclic amines) is 1. The molecule has 1 aliphatic heterocycles. The molecular formula is C11H16N2O2. The van der Waals surface area contributed by atoms with Gasteiger partial charge in [0.2, 0.25) is 0 Å². The van der Waals surface area contributed by atoms with Crippen LogP contribution in [0.15, 0.2) is 18.3 Å². The molecule has 1 aliphatic rings. The van der Waals surface area contributed by atoms with E-state index in [2.05, 4.69) is 4.90 Å². The van der Waals surface area contributed by atoms with Crippen molar-refractivity contribution in [2.75, 3.05) is 19.6 Å². The smallest absolute Gasteiger partial charge is 0.352 e. The van der Waals surface area contributed by atoms with E-state index in [9.17, 15) is 4.79 Å². The Morgan fingerprint density at radius 2 is 2.07 bits per heavy atom. The zero-order chi connectivity index (χ0) is 10.7. The molecule has 4 heteroatoms. The van der Waals surface area contributed by atoms with E-state index in [1.54, 1.807) is 16.7 Å². The average molecular weight is 208 g/mol. The minimum atomic E-state index is -0.846. The number of nitrogens with zero attached hydrogens (tertiary/aromatic N) is 2. The standard InChI is InChI=1S/C11H16N2O2/c14-11(15)10-4-3-7-13(10)9-8-12-5-1-2-6-12/h3-4,7H,1-2,5-6,8-9H2,(H,14,15). The van der Waals surface area contributed by atoms with Gasteiger partial charge in [0, 0.05) is 19.3 Å². The first-order valence-electron chi connectivity index (χ1n) is 5.38. The fourth-order valence-corrected chi connectivity index (χ4v) is 2.06. The van der Waals surface area contributed by atoms with Crippen LogP contribution in [-0.4, -0.2) is 40.2 Å². The Morgan fingerprint density at radius 3 is 2.73 bits per heavy atom. The zero-order valence-electron chi connectivity index (χ0n) is 8.72. The highest BCUT2D eigenvalue weighted by Gasteiger charge is 2.13. The molecule has 1 aromatic rings. The second-order valence-corrected chi connectivity index (χ2v) is 3.94. The van der Waals surface area contributed by atoms with Crippen LogP contribution in [0.2, 0.25) is 0 Å². The van der Waals surface area contributed by atoms with E-state index < -0.39 is 5.97 Å². The highest BCUT2D eigenvalue weighted by atomic mass is 16.4. The second kappa shape index (κ2) is 4.49. The highest BCUT2D eigenvalue weighted by Crippen LogP contribution is 2.08. The molecule has 2 rings (SSSR count). The minimum absolute atomic E-state index is 0.384. The summed E-state index contributed by atoms with van der Waals surface area (Å²) in [5.74, 6) is -0.846. The summed E-state index contributed by atoms with van der Waals surface area (Å²) in [6.07, 6.45) is 4.38. The van der Waals surface area contributed by atoms with Crippen molar-refractivity contribution in [3.8, 4) is 0 Å². The average Bonchev–Trinajstić information content (AvgIpc) is 2.86. The number of carboxylic acids is 1. The van der Waals surface area contributed by atoms with Crippen LogP contribution < -0.4 is 0 Å². The predicted octanol–water partition coefficient (Wildman–Crippen LogP) is 1.28. The van der Waals surface area contributed by atoms with Gasteiger partial charge < -0.3 is 14.6 Å². The topological polar surface area (TPSA) is 45.5 Å². The van der Waals surface area contributed by atoms with Crippen LogP contribution in [0.3, 0.4) is 0 Å². The zero-order valence-corrected chi connectivity index (χ0v) is 8.72. The first-order valence-corrected chi connectivity index (χ1v) is 5.38. The molecule has 0 aliphatic carbocycles. The van der Waals surface area contributed by atoms with Crippen LogP contribution in [0.5, 0.6) is 0 Å². The Morgan fingerprint density at radius 1 is 1.33 bits per heavy atom.